The van der Waals surface area contributed by atoms with Crippen LogP contribution in [-0.2, 0) is 0 Å². The first-order valence-corrected chi connectivity index (χ1v) is 11.5. The van der Waals surface area contributed by atoms with Crippen LogP contribution in [0, 0.1) is 0 Å². The van der Waals surface area contributed by atoms with Gasteiger partial charge in [-0.05, 0) is 37.1 Å². The van der Waals surface area contributed by atoms with Crippen molar-refractivity contribution in [2.75, 3.05) is 32.9 Å². The van der Waals surface area contributed by atoms with Gasteiger partial charge in [0.2, 0.25) is 11.8 Å². The molecule has 3 aromatic rings. The topological polar surface area (TPSA) is 112 Å². The molecule has 0 saturated carbocycles. The normalized spacial score (nSPS) is 16.4. The minimum absolute atomic E-state index is 0.158. The average Bonchev–Trinajstić information content (AvgIpc) is 3.62. The van der Waals surface area contributed by atoms with Crippen LogP contribution in [0.4, 0.5) is 5.69 Å². The van der Waals surface area contributed by atoms with Gasteiger partial charge in [0.05, 0.1) is 25.8 Å². The maximum absolute atomic E-state index is 13.3. The van der Waals surface area contributed by atoms with E-state index in [1.807, 2.05) is 0 Å². The fourth-order valence-corrected chi connectivity index (χ4v) is 4.90. The van der Waals surface area contributed by atoms with Gasteiger partial charge in [-0.25, -0.2) is 0 Å². The van der Waals surface area contributed by atoms with Gasteiger partial charge >= 0.3 is 0 Å². The first-order valence-electron chi connectivity index (χ1n) is 10.6. The summed E-state index contributed by atoms with van der Waals surface area (Å²) in [4.78, 5) is 27.8. The number of anilines is 1. The van der Waals surface area contributed by atoms with Crippen LogP contribution in [0.25, 0.3) is 0 Å². The number of carbonyl (C=O) groups excluding carboxylic acids is 2. The summed E-state index contributed by atoms with van der Waals surface area (Å²) in [6, 6.07) is 10.0. The first kappa shape index (κ1) is 22.0. The van der Waals surface area contributed by atoms with E-state index in [2.05, 4.69) is 15.5 Å². The Balaban J connectivity index is 1.32. The number of nitrogens with zero attached hydrogens (tertiary/aromatic N) is 3. The molecule has 34 heavy (non-hydrogen) atoms. The second-order valence-electron chi connectivity index (χ2n) is 7.69. The molecular weight excluding hydrogens is 460 g/mol. The molecule has 0 spiro atoms. The lowest BCUT2D eigenvalue weighted by molar-refractivity contribution is 0.0731. The number of nitrogens with one attached hydrogen (secondary N) is 1. The molecule has 11 heteroatoms. The van der Waals surface area contributed by atoms with Gasteiger partial charge in [-0.1, -0.05) is 11.3 Å². The monoisotopic (exact) mass is 482 g/mol. The molecule has 1 fully saturated rings. The van der Waals surface area contributed by atoms with E-state index in [9.17, 15) is 9.59 Å². The third-order valence-corrected chi connectivity index (χ3v) is 6.73. The first-order chi connectivity index (χ1) is 16.6. The van der Waals surface area contributed by atoms with Gasteiger partial charge in [-0.3, -0.25) is 9.59 Å². The molecule has 2 aromatic carbocycles. The van der Waals surface area contributed by atoms with Gasteiger partial charge in [-0.15, -0.1) is 10.2 Å². The van der Waals surface area contributed by atoms with Crippen molar-refractivity contribution in [1.29, 1.82) is 0 Å². The van der Waals surface area contributed by atoms with Gasteiger partial charge in [-0.2, -0.15) is 0 Å². The average molecular weight is 483 g/mol. The van der Waals surface area contributed by atoms with Crippen molar-refractivity contribution in [1.82, 2.24) is 15.1 Å². The molecule has 1 saturated heterocycles. The second-order valence-corrected chi connectivity index (χ2v) is 8.70. The number of carbonyl (C=O) groups is 2. The second kappa shape index (κ2) is 9.18. The number of amides is 2. The van der Waals surface area contributed by atoms with E-state index in [4.69, 9.17) is 18.9 Å². The lowest BCUT2D eigenvalue weighted by Crippen LogP contribution is -2.30. The minimum atomic E-state index is -0.379. The molecule has 0 unspecified atom stereocenters. The van der Waals surface area contributed by atoms with Crippen molar-refractivity contribution in [2.45, 2.75) is 18.9 Å². The van der Waals surface area contributed by atoms with Gasteiger partial charge in [0.1, 0.15) is 16.5 Å². The number of likely N-dealkylation sites (tertiary alicyclic amines) is 1. The third-order valence-electron chi connectivity index (χ3n) is 5.70. The number of benzene rings is 2. The zero-order valence-electron chi connectivity index (χ0n) is 18.6. The van der Waals surface area contributed by atoms with Crippen LogP contribution in [0.15, 0.2) is 36.4 Å². The molecule has 2 aliphatic rings. The fraction of sp³-hybridized carbons (Fsp3) is 0.304. The van der Waals surface area contributed by atoms with Crippen molar-refractivity contribution in [3.8, 4) is 23.0 Å². The number of fused-ring (bicyclic) bond motifs is 1. The van der Waals surface area contributed by atoms with Crippen molar-refractivity contribution < 1.29 is 28.5 Å². The van der Waals surface area contributed by atoms with Gasteiger partial charge < -0.3 is 29.2 Å². The Kier molecular flexibility index (Phi) is 5.93. The molecule has 0 bridgehead atoms. The maximum atomic E-state index is 13.3. The summed E-state index contributed by atoms with van der Waals surface area (Å²) in [5, 5.41) is 11.9. The number of hydrogen-bond acceptors (Lipinski definition) is 9. The summed E-state index contributed by atoms with van der Waals surface area (Å²) >= 11 is 1.18. The van der Waals surface area contributed by atoms with Gasteiger partial charge in [0.15, 0.2) is 11.5 Å². The van der Waals surface area contributed by atoms with Crippen LogP contribution < -0.4 is 24.3 Å². The number of hydrogen-bond donors (Lipinski definition) is 1. The number of rotatable bonds is 6. The van der Waals surface area contributed by atoms with E-state index in [-0.39, 0.29) is 29.7 Å². The van der Waals surface area contributed by atoms with E-state index in [1.165, 1.54) is 18.4 Å². The SMILES string of the molecule is COc1ccc(C(=O)N2CCC[C@H]2c2nnc(C(=O)Nc3ccc4c(c3)OCO4)s2)c(OC)c1. The molecule has 1 atom stereocenters. The molecule has 2 aliphatic heterocycles. The molecule has 0 aliphatic carbocycles. The van der Waals surface area contributed by atoms with Gasteiger partial charge in [0.25, 0.3) is 11.8 Å². The van der Waals surface area contributed by atoms with E-state index in [0.29, 0.717) is 45.8 Å². The maximum Gasteiger partial charge on any atom is 0.286 e. The minimum Gasteiger partial charge on any atom is -0.497 e. The Morgan fingerprint density at radius 1 is 1.09 bits per heavy atom. The predicted octanol–water partition coefficient (Wildman–Crippen LogP) is 3.51. The Bertz CT molecular complexity index is 1250. The van der Waals surface area contributed by atoms with E-state index >= 15 is 0 Å². The highest BCUT2D eigenvalue weighted by Gasteiger charge is 2.35. The Labute approximate surface area is 199 Å². The number of methoxy groups -OCH3 is 2. The Morgan fingerprint density at radius 3 is 2.76 bits per heavy atom. The molecule has 3 heterocycles. The van der Waals surface area contributed by atoms with Crippen molar-refractivity contribution in [3.05, 3.63) is 52.0 Å². The van der Waals surface area contributed by atoms with E-state index in [0.717, 1.165) is 12.8 Å². The zero-order chi connectivity index (χ0) is 23.7. The highest BCUT2D eigenvalue weighted by atomic mass is 32.1. The van der Waals surface area contributed by atoms with Crippen molar-refractivity contribution >= 4 is 28.8 Å². The molecule has 0 radical (unpaired) electrons. The summed E-state index contributed by atoms with van der Waals surface area (Å²) in [7, 11) is 3.07. The van der Waals surface area contributed by atoms with Gasteiger partial charge in [0, 0.05) is 24.4 Å². The Hall–Kier alpha value is -3.86. The molecule has 1 aromatic heterocycles. The van der Waals surface area contributed by atoms with E-state index in [1.54, 1.807) is 48.4 Å². The molecule has 10 nitrogen and oxygen atoms in total. The Morgan fingerprint density at radius 2 is 1.94 bits per heavy atom. The smallest absolute Gasteiger partial charge is 0.286 e. The van der Waals surface area contributed by atoms with Crippen molar-refractivity contribution in [2.24, 2.45) is 0 Å². The fourth-order valence-electron chi connectivity index (χ4n) is 4.02. The standard InChI is InChI=1S/C23H22N4O6S/c1-30-14-6-7-15(18(11-14)31-2)23(29)27-9-3-4-16(27)21-25-26-22(34-21)20(28)24-13-5-8-17-19(10-13)33-12-32-17/h5-8,10-11,16H,3-4,9,12H2,1-2H3,(H,24,28)/t16-/m0/s1. The largest absolute Gasteiger partial charge is 0.497 e. The highest BCUT2D eigenvalue weighted by Crippen LogP contribution is 2.37. The lowest BCUT2D eigenvalue weighted by Gasteiger charge is -2.23. The van der Waals surface area contributed by atoms with Crippen LogP contribution in [0.2, 0.25) is 0 Å². The molecule has 176 valence electrons. The van der Waals surface area contributed by atoms with E-state index < -0.39 is 0 Å². The summed E-state index contributed by atoms with van der Waals surface area (Å²) in [6.07, 6.45) is 1.57. The molecule has 1 N–H and O–H groups in total. The lowest BCUT2D eigenvalue weighted by atomic mass is 10.1. The number of ether oxygens (including phenoxy) is 4. The zero-order valence-corrected chi connectivity index (χ0v) is 19.4. The van der Waals surface area contributed by atoms with Crippen LogP contribution in [0.3, 0.4) is 0 Å². The molecular formula is C23H22N4O6S. The van der Waals surface area contributed by atoms with Crippen LogP contribution in [-0.4, -0.2) is 54.5 Å². The molecule has 2 amide bonds. The van der Waals surface area contributed by atoms with Crippen LogP contribution >= 0.6 is 11.3 Å². The summed E-state index contributed by atoms with van der Waals surface area (Å²) in [5.74, 6) is 1.71. The van der Waals surface area contributed by atoms with Crippen LogP contribution in [0.5, 0.6) is 23.0 Å². The van der Waals surface area contributed by atoms with Crippen molar-refractivity contribution in [3.63, 3.8) is 0 Å². The summed E-state index contributed by atoms with van der Waals surface area (Å²) in [6.45, 7) is 0.739. The third kappa shape index (κ3) is 4.10. The number of aromatic nitrogens is 2. The quantitative estimate of drug-likeness (QED) is 0.568. The molecule has 5 rings (SSSR count). The highest BCUT2D eigenvalue weighted by molar-refractivity contribution is 7.13. The predicted molar refractivity (Wildman–Crippen MR) is 123 cm³/mol. The summed E-state index contributed by atoms with van der Waals surface area (Å²) in [5.41, 5.74) is 1.01. The van der Waals surface area contributed by atoms with Crippen LogP contribution in [0.1, 0.15) is 44.1 Å². The summed E-state index contributed by atoms with van der Waals surface area (Å²) < 4.78 is 21.3.